The summed E-state index contributed by atoms with van der Waals surface area (Å²) in [7, 11) is 1.43. The minimum absolute atomic E-state index is 0.00136. The third kappa shape index (κ3) is 5.17. The Morgan fingerprint density at radius 3 is 2.33 bits per heavy atom. The average molecular weight is 458 g/mol. The molecule has 3 rings (SSSR count). The molecule has 1 heterocycles. The second-order valence-corrected chi connectivity index (χ2v) is 7.03. The van der Waals surface area contributed by atoms with Crippen LogP contribution in [0.1, 0.15) is 18.9 Å². The summed E-state index contributed by atoms with van der Waals surface area (Å²) in [5.74, 6) is -2.25. The van der Waals surface area contributed by atoms with Crippen molar-refractivity contribution in [2.24, 2.45) is 0 Å². The van der Waals surface area contributed by atoms with Crippen LogP contribution in [0.15, 0.2) is 39.5 Å². The van der Waals surface area contributed by atoms with Crippen molar-refractivity contribution in [3.05, 3.63) is 46.1 Å². The van der Waals surface area contributed by atoms with Gasteiger partial charge < -0.3 is 33.9 Å². The van der Waals surface area contributed by atoms with Gasteiger partial charge in [-0.3, -0.25) is 4.79 Å². The summed E-state index contributed by atoms with van der Waals surface area (Å²) in [5, 5.41) is 28.4. The zero-order chi connectivity index (χ0) is 24.1. The Balaban J connectivity index is 2.22. The predicted molar refractivity (Wildman–Crippen MR) is 116 cm³/mol. The van der Waals surface area contributed by atoms with Gasteiger partial charge in [0.25, 0.3) is 0 Å². The molecule has 0 fully saturated rings. The summed E-state index contributed by atoms with van der Waals surface area (Å²) < 4.78 is 21.5. The minimum Gasteiger partial charge on any atom is -0.504 e. The van der Waals surface area contributed by atoms with Crippen molar-refractivity contribution in [2.75, 3.05) is 20.3 Å². The van der Waals surface area contributed by atoms with Crippen LogP contribution in [0.5, 0.6) is 23.0 Å². The summed E-state index contributed by atoms with van der Waals surface area (Å²) in [6.45, 7) is 0.532. The molecule has 1 aromatic heterocycles. The molecule has 0 atom stereocenters. The van der Waals surface area contributed by atoms with Crippen molar-refractivity contribution in [3.8, 4) is 34.3 Å². The Morgan fingerprint density at radius 2 is 1.70 bits per heavy atom. The first-order valence-electron chi connectivity index (χ1n) is 9.95. The van der Waals surface area contributed by atoms with Crippen molar-refractivity contribution in [2.45, 2.75) is 19.8 Å². The van der Waals surface area contributed by atoms with Gasteiger partial charge in [-0.15, -0.1) is 0 Å². The van der Waals surface area contributed by atoms with Crippen molar-refractivity contribution < 1.29 is 43.5 Å². The van der Waals surface area contributed by atoms with E-state index in [4.69, 9.17) is 28.8 Å². The van der Waals surface area contributed by atoms with E-state index in [9.17, 15) is 19.5 Å². The SMILES string of the molecule is CCCc1c(-c2cc(=O)c3c(OCC(=O)O)cc(OCC(=O)O)cc3o2)ccc(OC)c1O. The van der Waals surface area contributed by atoms with E-state index >= 15 is 0 Å². The van der Waals surface area contributed by atoms with Crippen LogP contribution < -0.4 is 19.6 Å². The van der Waals surface area contributed by atoms with Gasteiger partial charge in [0, 0.05) is 29.3 Å². The first-order chi connectivity index (χ1) is 15.7. The molecule has 0 saturated carbocycles. The number of methoxy groups -OCH3 is 1. The van der Waals surface area contributed by atoms with E-state index in [1.165, 1.54) is 25.3 Å². The zero-order valence-corrected chi connectivity index (χ0v) is 17.9. The number of carbonyl (C=O) groups is 2. The molecule has 0 saturated heterocycles. The molecule has 0 bridgehead atoms. The number of benzene rings is 2. The summed E-state index contributed by atoms with van der Waals surface area (Å²) in [6, 6.07) is 6.96. The van der Waals surface area contributed by atoms with Crippen molar-refractivity contribution in [1.29, 1.82) is 0 Å². The van der Waals surface area contributed by atoms with Crippen molar-refractivity contribution in [1.82, 2.24) is 0 Å². The first kappa shape index (κ1) is 23.5. The van der Waals surface area contributed by atoms with Crippen LogP contribution >= 0.6 is 0 Å². The summed E-state index contributed by atoms with van der Waals surface area (Å²) in [6.07, 6.45) is 1.18. The lowest BCUT2D eigenvalue weighted by molar-refractivity contribution is -0.140. The molecule has 2 aromatic carbocycles. The van der Waals surface area contributed by atoms with E-state index in [1.807, 2.05) is 6.92 Å². The molecule has 3 N–H and O–H groups in total. The van der Waals surface area contributed by atoms with E-state index in [0.29, 0.717) is 24.0 Å². The zero-order valence-electron chi connectivity index (χ0n) is 17.9. The normalized spacial score (nSPS) is 10.7. The molecule has 0 aliphatic carbocycles. The molecule has 0 spiro atoms. The molecule has 0 aliphatic rings. The molecule has 3 aromatic rings. The number of hydrogen-bond acceptors (Lipinski definition) is 8. The Bertz CT molecular complexity index is 1260. The molecule has 10 nitrogen and oxygen atoms in total. The van der Waals surface area contributed by atoms with Gasteiger partial charge in [0.15, 0.2) is 30.1 Å². The number of aliphatic carboxylic acids is 2. The van der Waals surface area contributed by atoms with Gasteiger partial charge in [0.05, 0.1) is 7.11 Å². The number of hydrogen-bond donors (Lipinski definition) is 3. The fraction of sp³-hybridized carbons (Fsp3) is 0.261. The third-order valence-electron chi connectivity index (χ3n) is 4.71. The number of phenols is 1. The second kappa shape index (κ2) is 9.94. The Kier molecular flexibility index (Phi) is 7.07. The highest BCUT2D eigenvalue weighted by Crippen LogP contribution is 2.39. The highest BCUT2D eigenvalue weighted by atomic mass is 16.5. The lowest BCUT2D eigenvalue weighted by Gasteiger charge is -2.15. The quantitative estimate of drug-likeness (QED) is 0.413. The maximum atomic E-state index is 13.0. The van der Waals surface area contributed by atoms with E-state index in [2.05, 4.69) is 0 Å². The standard InChI is InChI=1S/C23H22O10/c1-3-4-14-13(5-6-16(30-2)23(14)29)17-9-15(24)22-18(32-11-21(27)28)7-12(8-19(22)33-17)31-10-20(25)26/h5-9,29H,3-4,10-11H2,1-2H3,(H,25,26)(H,27,28). The monoisotopic (exact) mass is 458 g/mol. The molecular formula is C23H22O10. The average Bonchev–Trinajstić information content (AvgIpc) is 2.77. The first-order valence-corrected chi connectivity index (χ1v) is 9.95. The van der Waals surface area contributed by atoms with Gasteiger partial charge in [0.2, 0.25) is 0 Å². The molecule has 33 heavy (non-hydrogen) atoms. The van der Waals surface area contributed by atoms with Gasteiger partial charge >= 0.3 is 11.9 Å². The minimum atomic E-state index is -1.26. The van der Waals surface area contributed by atoms with Crippen LogP contribution in [-0.2, 0) is 16.0 Å². The van der Waals surface area contributed by atoms with Gasteiger partial charge in [-0.1, -0.05) is 13.3 Å². The lowest BCUT2D eigenvalue weighted by atomic mass is 9.98. The topological polar surface area (TPSA) is 153 Å². The maximum absolute atomic E-state index is 13.0. The number of fused-ring (bicyclic) bond motifs is 1. The number of carboxylic acids is 2. The lowest BCUT2D eigenvalue weighted by Crippen LogP contribution is -2.13. The van der Waals surface area contributed by atoms with E-state index in [1.54, 1.807) is 12.1 Å². The van der Waals surface area contributed by atoms with E-state index in [-0.39, 0.29) is 39.7 Å². The molecule has 0 amide bonds. The van der Waals surface area contributed by atoms with Crippen LogP contribution in [0.25, 0.3) is 22.3 Å². The van der Waals surface area contributed by atoms with E-state index in [0.717, 1.165) is 0 Å². The molecule has 0 aliphatic heterocycles. The van der Waals surface area contributed by atoms with Gasteiger partial charge in [0.1, 0.15) is 28.2 Å². The fourth-order valence-corrected chi connectivity index (χ4v) is 3.36. The molecule has 10 heteroatoms. The Morgan fingerprint density at radius 1 is 1.00 bits per heavy atom. The number of phenolic OH excluding ortho intramolecular Hbond substituents is 1. The fourth-order valence-electron chi connectivity index (χ4n) is 3.36. The third-order valence-corrected chi connectivity index (χ3v) is 4.71. The van der Waals surface area contributed by atoms with Crippen LogP contribution in [0.2, 0.25) is 0 Å². The summed E-state index contributed by atoms with van der Waals surface area (Å²) in [5.41, 5.74) is 0.478. The Labute approximate surface area is 187 Å². The van der Waals surface area contributed by atoms with Gasteiger partial charge in [-0.05, 0) is 18.6 Å². The van der Waals surface area contributed by atoms with Crippen molar-refractivity contribution in [3.63, 3.8) is 0 Å². The van der Waals surface area contributed by atoms with Crippen molar-refractivity contribution >= 4 is 22.9 Å². The molecule has 0 unspecified atom stereocenters. The van der Waals surface area contributed by atoms with Crippen LogP contribution in [0, 0.1) is 0 Å². The molecule has 174 valence electrons. The predicted octanol–water partition coefficient (Wildman–Crippen LogP) is 3.05. The van der Waals surface area contributed by atoms with Gasteiger partial charge in [-0.25, -0.2) is 9.59 Å². The van der Waals surface area contributed by atoms with Crippen LogP contribution in [0.4, 0.5) is 0 Å². The highest BCUT2D eigenvalue weighted by molar-refractivity contribution is 5.87. The van der Waals surface area contributed by atoms with Crippen LogP contribution in [0.3, 0.4) is 0 Å². The Hall–Kier alpha value is -4.21. The summed E-state index contributed by atoms with van der Waals surface area (Å²) >= 11 is 0. The van der Waals surface area contributed by atoms with Crippen LogP contribution in [-0.4, -0.2) is 47.6 Å². The number of ether oxygens (including phenoxy) is 3. The molecular weight excluding hydrogens is 436 g/mol. The largest absolute Gasteiger partial charge is 0.504 e. The molecule has 0 radical (unpaired) electrons. The van der Waals surface area contributed by atoms with Gasteiger partial charge in [-0.2, -0.15) is 0 Å². The van der Waals surface area contributed by atoms with E-state index < -0.39 is 30.6 Å². The highest BCUT2D eigenvalue weighted by Gasteiger charge is 2.20. The second-order valence-electron chi connectivity index (χ2n) is 7.03. The number of carboxylic acid groups (broad SMARTS) is 2. The summed E-state index contributed by atoms with van der Waals surface area (Å²) in [4.78, 5) is 34.8. The number of rotatable bonds is 10. The number of aromatic hydroxyl groups is 1. The maximum Gasteiger partial charge on any atom is 0.341 e. The smallest absolute Gasteiger partial charge is 0.341 e.